The summed E-state index contributed by atoms with van der Waals surface area (Å²) in [6.45, 7) is 2.89. The maximum atomic E-state index is 10.1. The molecule has 6 heteroatoms. The second kappa shape index (κ2) is 7.20. The van der Waals surface area contributed by atoms with Gasteiger partial charge in [-0.1, -0.05) is 24.4 Å². The minimum absolute atomic E-state index is 0.0923. The molecule has 1 aliphatic rings. The van der Waals surface area contributed by atoms with Crippen molar-refractivity contribution < 1.29 is 9.84 Å². The van der Waals surface area contributed by atoms with Gasteiger partial charge < -0.3 is 14.7 Å². The number of anilines is 1. The number of rotatable bonds is 5. The van der Waals surface area contributed by atoms with Crippen molar-refractivity contribution in [1.29, 1.82) is 0 Å². The normalized spacial score (nSPS) is 22.8. The highest BCUT2D eigenvalue weighted by Crippen LogP contribution is 2.26. The van der Waals surface area contributed by atoms with Crippen LogP contribution in [0, 0.1) is 0 Å². The van der Waals surface area contributed by atoms with Crippen molar-refractivity contribution in [3.05, 3.63) is 17.0 Å². The van der Waals surface area contributed by atoms with Gasteiger partial charge in [-0.2, -0.15) is 0 Å². The molecule has 1 aromatic rings. The third-order valence-corrected chi connectivity index (χ3v) is 3.91. The van der Waals surface area contributed by atoms with Crippen LogP contribution < -0.4 is 4.90 Å². The van der Waals surface area contributed by atoms with Crippen molar-refractivity contribution >= 4 is 17.4 Å². The second-order valence-electron chi connectivity index (χ2n) is 5.13. The molecule has 2 unspecified atom stereocenters. The van der Waals surface area contributed by atoms with Gasteiger partial charge in [-0.15, -0.1) is 0 Å². The molecule has 112 valence electrons. The summed E-state index contributed by atoms with van der Waals surface area (Å²) in [5.74, 6) is 1.32. The number of hydrogen-bond donors (Lipinski definition) is 1. The van der Waals surface area contributed by atoms with Crippen LogP contribution in [0.1, 0.15) is 38.4 Å². The Morgan fingerprint density at radius 1 is 1.40 bits per heavy atom. The van der Waals surface area contributed by atoms with Crippen molar-refractivity contribution in [2.45, 2.75) is 51.4 Å². The molecule has 0 saturated heterocycles. The summed E-state index contributed by atoms with van der Waals surface area (Å²) in [5, 5.41) is 10.5. The average Bonchev–Trinajstić information content (AvgIpc) is 2.44. The molecule has 0 spiro atoms. The second-order valence-corrected chi connectivity index (χ2v) is 5.52. The molecule has 20 heavy (non-hydrogen) atoms. The predicted octanol–water partition coefficient (Wildman–Crippen LogP) is 2.41. The third kappa shape index (κ3) is 3.81. The Labute approximate surface area is 124 Å². The molecule has 1 aromatic heterocycles. The Balaban J connectivity index is 2.15. The minimum atomic E-state index is -0.308. The van der Waals surface area contributed by atoms with E-state index in [2.05, 4.69) is 9.97 Å². The summed E-state index contributed by atoms with van der Waals surface area (Å²) < 4.78 is 5.32. The molecule has 0 amide bonds. The molecule has 1 saturated carbocycles. The van der Waals surface area contributed by atoms with Gasteiger partial charge in [0.1, 0.15) is 17.6 Å². The molecular formula is C14H22ClN3O2. The molecule has 0 radical (unpaired) electrons. The number of halogens is 1. The molecule has 1 fully saturated rings. The number of hydrogen-bond acceptors (Lipinski definition) is 5. The summed E-state index contributed by atoms with van der Waals surface area (Å²) in [6, 6.07) is 1.83. The molecule has 0 aliphatic heterocycles. The van der Waals surface area contributed by atoms with Crippen LogP contribution in [0.25, 0.3) is 0 Å². The topological polar surface area (TPSA) is 58.5 Å². The fourth-order valence-corrected chi connectivity index (χ4v) is 2.80. The molecule has 1 heterocycles. The Bertz CT molecular complexity index is 444. The number of aliphatic hydroxyl groups excluding tert-OH is 1. The van der Waals surface area contributed by atoms with Crippen molar-refractivity contribution in [3.8, 4) is 0 Å². The van der Waals surface area contributed by atoms with Crippen molar-refractivity contribution in [2.75, 3.05) is 18.6 Å². The summed E-state index contributed by atoms with van der Waals surface area (Å²) in [5.41, 5.74) is 0. The van der Waals surface area contributed by atoms with E-state index < -0.39 is 0 Å². The zero-order chi connectivity index (χ0) is 14.5. The Hall–Kier alpha value is -0.910. The lowest BCUT2D eigenvalue weighted by Gasteiger charge is -2.36. The lowest BCUT2D eigenvalue weighted by molar-refractivity contribution is 0.105. The molecule has 1 aliphatic carbocycles. The van der Waals surface area contributed by atoms with Crippen LogP contribution in [0.5, 0.6) is 0 Å². The maximum Gasteiger partial charge on any atom is 0.158 e. The molecule has 5 nitrogen and oxygen atoms in total. The molecule has 1 N–H and O–H groups in total. The zero-order valence-corrected chi connectivity index (χ0v) is 12.8. The Morgan fingerprint density at radius 3 is 2.85 bits per heavy atom. The highest BCUT2D eigenvalue weighted by molar-refractivity contribution is 6.29. The summed E-state index contributed by atoms with van der Waals surface area (Å²) in [7, 11) is 1.95. The van der Waals surface area contributed by atoms with Crippen LogP contribution in [0.15, 0.2) is 6.07 Å². The van der Waals surface area contributed by atoms with Crippen LogP contribution in [0.3, 0.4) is 0 Å². The average molecular weight is 300 g/mol. The van der Waals surface area contributed by atoms with Gasteiger partial charge in [-0.25, -0.2) is 9.97 Å². The standard InChI is InChI=1S/C14H22ClN3O2/c1-3-20-9-13-16-12(15)8-14(17-13)18(2)10-6-4-5-7-11(10)19/h8,10-11,19H,3-7,9H2,1-2H3. The van der Waals surface area contributed by atoms with E-state index in [0.717, 1.165) is 31.5 Å². The summed E-state index contributed by atoms with van der Waals surface area (Å²) in [4.78, 5) is 10.6. The third-order valence-electron chi connectivity index (χ3n) is 3.72. The SMILES string of the molecule is CCOCc1nc(Cl)cc(N(C)C2CCCCC2O)n1. The fourth-order valence-electron chi connectivity index (χ4n) is 2.60. The first-order valence-corrected chi connectivity index (χ1v) is 7.51. The van der Waals surface area contributed by atoms with Gasteiger partial charge in [0, 0.05) is 19.7 Å². The summed E-state index contributed by atoms with van der Waals surface area (Å²) >= 11 is 6.05. The first-order valence-electron chi connectivity index (χ1n) is 7.14. The van der Waals surface area contributed by atoms with E-state index in [-0.39, 0.29) is 12.1 Å². The molecule has 0 aromatic carbocycles. The van der Waals surface area contributed by atoms with Crippen LogP contribution in [-0.2, 0) is 11.3 Å². The van der Waals surface area contributed by atoms with Gasteiger partial charge in [0.05, 0.1) is 12.1 Å². The lowest BCUT2D eigenvalue weighted by Crippen LogP contribution is -2.43. The van der Waals surface area contributed by atoms with Crippen LogP contribution >= 0.6 is 11.6 Å². The maximum absolute atomic E-state index is 10.1. The van der Waals surface area contributed by atoms with Crippen molar-refractivity contribution in [1.82, 2.24) is 9.97 Å². The van der Waals surface area contributed by atoms with Gasteiger partial charge in [-0.3, -0.25) is 0 Å². The monoisotopic (exact) mass is 299 g/mol. The molecule has 2 rings (SSSR count). The lowest BCUT2D eigenvalue weighted by atomic mass is 9.91. The van der Waals surface area contributed by atoms with E-state index in [1.54, 1.807) is 6.07 Å². The van der Waals surface area contributed by atoms with Crippen molar-refractivity contribution in [2.24, 2.45) is 0 Å². The minimum Gasteiger partial charge on any atom is -0.391 e. The first kappa shape index (κ1) is 15.5. The smallest absolute Gasteiger partial charge is 0.158 e. The van der Waals surface area contributed by atoms with E-state index in [0.29, 0.717) is 24.2 Å². The van der Waals surface area contributed by atoms with Crippen LogP contribution in [-0.4, -0.2) is 40.9 Å². The highest BCUT2D eigenvalue weighted by atomic mass is 35.5. The largest absolute Gasteiger partial charge is 0.391 e. The van der Waals surface area contributed by atoms with Gasteiger partial charge in [0.15, 0.2) is 5.82 Å². The summed E-state index contributed by atoms with van der Waals surface area (Å²) in [6.07, 6.45) is 3.74. The van der Waals surface area contributed by atoms with E-state index in [4.69, 9.17) is 16.3 Å². The zero-order valence-electron chi connectivity index (χ0n) is 12.0. The van der Waals surface area contributed by atoms with E-state index in [1.165, 1.54) is 0 Å². The van der Waals surface area contributed by atoms with E-state index >= 15 is 0 Å². The van der Waals surface area contributed by atoms with Gasteiger partial charge in [0.25, 0.3) is 0 Å². The van der Waals surface area contributed by atoms with Crippen molar-refractivity contribution in [3.63, 3.8) is 0 Å². The fraction of sp³-hybridized carbons (Fsp3) is 0.714. The number of ether oxygens (including phenoxy) is 1. The number of likely N-dealkylation sites (N-methyl/N-ethyl adjacent to an activating group) is 1. The Kier molecular flexibility index (Phi) is 5.57. The number of aromatic nitrogens is 2. The molecule has 0 bridgehead atoms. The number of nitrogens with zero attached hydrogens (tertiary/aromatic N) is 3. The van der Waals surface area contributed by atoms with E-state index in [9.17, 15) is 5.11 Å². The van der Waals surface area contributed by atoms with Crippen LogP contribution in [0.4, 0.5) is 5.82 Å². The first-order chi connectivity index (χ1) is 9.61. The van der Waals surface area contributed by atoms with Gasteiger partial charge >= 0.3 is 0 Å². The number of aliphatic hydroxyl groups is 1. The molecular weight excluding hydrogens is 278 g/mol. The molecule has 2 atom stereocenters. The van der Waals surface area contributed by atoms with Gasteiger partial charge in [0.2, 0.25) is 0 Å². The van der Waals surface area contributed by atoms with Crippen LogP contribution in [0.2, 0.25) is 5.15 Å². The quantitative estimate of drug-likeness (QED) is 0.846. The highest BCUT2D eigenvalue weighted by Gasteiger charge is 2.27. The van der Waals surface area contributed by atoms with E-state index in [1.807, 2.05) is 18.9 Å². The predicted molar refractivity (Wildman–Crippen MR) is 79.0 cm³/mol. The Morgan fingerprint density at radius 2 is 2.15 bits per heavy atom. The van der Waals surface area contributed by atoms with Gasteiger partial charge in [-0.05, 0) is 19.8 Å².